The maximum atomic E-state index is 12.5. The molecule has 1 aliphatic carbocycles. The predicted molar refractivity (Wildman–Crippen MR) is 86.4 cm³/mol. The molecule has 1 heterocycles. The number of carbonyl (C=O) groups excluding carboxylic acids is 1. The molecule has 0 aliphatic heterocycles. The molecule has 118 valence electrons. The quantitative estimate of drug-likeness (QED) is 0.611. The lowest BCUT2D eigenvalue weighted by atomic mass is 10.2. The van der Waals surface area contributed by atoms with E-state index in [0.717, 1.165) is 51.0 Å². The first-order valence-corrected chi connectivity index (χ1v) is 8.61. The van der Waals surface area contributed by atoms with Crippen LogP contribution in [0.1, 0.15) is 65.2 Å². The number of rotatable bonds is 10. The molecular formula is C17H29N3O. The number of carbonyl (C=O) groups is 1. The van der Waals surface area contributed by atoms with Crippen molar-refractivity contribution in [2.45, 2.75) is 71.8 Å². The van der Waals surface area contributed by atoms with Crippen LogP contribution in [0.25, 0.3) is 0 Å². The van der Waals surface area contributed by atoms with Crippen molar-refractivity contribution in [2.24, 2.45) is 5.92 Å². The molecule has 0 N–H and O–H groups in total. The minimum atomic E-state index is 0.261. The fourth-order valence-corrected chi connectivity index (χ4v) is 2.52. The first kappa shape index (κ1) is 16.1. The van der Waals surface area contributed by atoms with Crippen molar-refractivity contribution in [3.8, 4) is 0 Å². The summed E-state index contributed by atoms with van der Waals surface area (Å²) in [5.41, 5.74) is 0. The molecule has 1 aliphatic rings. The van der Waals surface area contributed by atoms with Gasteiger partial charge in [0.15, 0.2) is 5.82 Å². The van der Waals surface area contributed by atoms with Gasteiger partial charge < -0.3 is 0 Å². The van der Waals surface area contributed by atoms with Crippen LogP contribution in [0.4, 0.5) is 5.82 Å². The number of nitrogens with zero attached hydrogens (tertiary/aromatic N) is 3. The molecule has 4 nitrogen and oxygen atoms in total. The average Bonchev–Trinajstić information content (AvgIpc) is 3.24. The van der Waals surface area contributed by atoms with Crippen molar-refractivity contribution >= 4 is 11.7 Å². The third-order valence-electron chi connectivity index (χ3n) is 4.07. The minimum Gasteiger partial charge on any atom is -0.295 e. The lowest BCUT2D eigenvalue weighted by Gasteiger charge is -2.20. The second-order valence-electron chi connectivity index (χ2n) is 6.12. The van der Waals surface area contributed by atoms with Crippen LogP contribution >= 0.6 is 0 Å². The van der Waals surface area contributed by atoms with E-state index < -0.39 is 0 Å². The zero-order valence-corrected chi connectivity index (χ0v) is 13.6. The van der Waals surface area contributed by atoms with E-state index in [1.54, 1.807) is 0 Å². The van der Waals surface area contributed by atoms with Crippen LogP contribution in [0, 0.1) is 5.92 Å². The summed E-state index contributed by atoms with van der Waals surface area (Å²) in [6.07, 6.45) is 11.2. The zero-order chi connectivity index (χ0) is 15.1. The second-order valence-corrected chi connectivity index (χ2v) is 6.12. The predicted octanol–water partition coefficient (Wildman–Crippen LogP) is 4.01. The van der Waals surface area contributed by atoms with Crippen molar-refractivity contribution in [2.75, 3.05) is 11.4 Å². The molecule has 1 aromatic heterocycles. The highest BCUT2D eigenvalue weighted by molar-refractivity contribution is 5.95. The Labute approximate surface area is 128 Å². The van der Waals surface area contributed by atoms with Crippen molar-refractivity contribution in [1.29, 1.82) is 0 Å². The summed E-state index contributed by atoms with van der Waals surface area (Å²) >= 11 is 0. The van der Waals surface area contributed by atoms with E-state index in [1.807, 2.05) is 21.8 Å². The molecule has 21 heavy (non-hydrogen) atoms. The number of anilines is 1. The minimum absolute atomic E-state index is 0.261. The highest BCUT2D eigenvalue weighted by Gasteiger charge is 2.34. The van der Waals surface area contributed by atoms with Gasteiger partial charge in [-0.25, -0.2) is 0 Å². The maximum Gasteiger partial charge on any atom is 0.231 e. The van der Waals surface area contributed by atoms with Crippen LogP contribution < -0.4 is 4.90 Å². The molecule has 0 bridgehead atoms. The van der Waals surface area contributed by atoms with Crippen LogP contribution in [0.15, 0.2) is 12.3 Å². The number of aromatic nitrogens is 2. The van der Waals surface area contributed by atoms with Gasteiger partial charge in [0, 0.05) is 31.3 Å². The van der Waals surface area contributed by atoms with Gasteiger partial charge in [-0.1, -0.05) is 39.5 Å². The summed E-state index contributed by atoms with van der Waals surface area (Å²) in [6.45, 7) is 6.15. The molecule has 0 saturated heterocycles. The Morgan fingerprint density at radius 2 is 2.00 bits per heavy atom. The summed E-state index contributed by atoms with van der Waals surface area (Å²) in [6, 6.07) is 2.00. The van der Waals surface area contributed by atoms with Crippen LogP contribution in [0.3, 0.4) is 0 Å². The second kappa shape index (κ2) is 8.20. The van der Waals surface area contributed by atoms with Crippen LogP contribution in [-0.4, -0.2) is 22.2 Å². The topological polar surface area (TPSA) is 38.1 Å². The van der Waals surface area contributed by atoms with Gasteiger partial charge in [0.2, 0.25) is 5.91 Å². The Bertz CT molecular complexity index is 437. The summed E-state index contributed by atoms with van der Waals surface area (Å²) in [4.78, 5) is 14.4. The third-order valence-corrected chi connectivity index (χ3v) is 4.07. The van der Waals surface area contributed by atoms with E-state index in [0.29, 0.717) is 0 Å². The van der Waals surface area contributed by atoms with Gasteiger partial charge in [-0.15, -0.1) is 0 Å². The van der Waals surface area contributed by atoms with E-state index in [9.17, 15) is 4.79 Å². The Kier molecular flexibility index (Phi) is 6.27. The van der Waals surface area contributed by atoms with Crippen molar-refractivity contribution in [1.82, 2.24) is 9.78 Å². The summed E-state index contributed by atoms with van der Waals surface area (Å²) in [5, 5.41) is 4.60. The first-order chi connectivity index (χ1) is 10.3. The van der Waals surface area contributed by atoms with Gasteiger partial charge in [-0.05, 0) is 25.7 Å². The standard InChI is InChI=1S/C17H29N3O/c1-3-5-7-8-13-20(17(21)15-9-10-15)16-11-14-19(18-16)12-6-4-2/h11,14-15H,3-10,12-13H2,1-2H3. The number of amides is 1. The smallest absolute Gasteiger partial charge is 0.231 e. The SMILES string of the molecule is CCCCCCN(C(=O)C1CC1)c1ccn(CCCC)n1. The number of hydrogen-bond donors (Lipinski definition) is 0. The Morgan fingerprint density at radius 1 is 1.24 bits per heavy atom. The van der Waals surface area contributed by atoms with Crippen molar-refractivity contribution in [3.05, 3.63) is 12.3 Å². The summed E-state index contributed by atoms with van der Waals surface area (Å²) in [5.74, 6) is 1.39. The van der Waals surface area contributed by atoms with Gasteiger partial charge >= 0.3 is 0 Å². The molecule has 0 radical (unpaired) electrons. The van der Waals surface area contributed by atoms with Crippen molar-refractivity contribution < 1.29 is 4.79 Å². The van der Waals surface area contributed by atoms with Gasteiger partial charge in [0.1, 0.15) is 0 Å². The highest BCUT2D eigenvalue weighted by Crippen LogP contribution is 2.32. The molecular weight excluding hydrogens is 262 g/mol. The molecule has 2 rings (SSSR count). The van der Waals surface area contributed by atoms with Gasteiger partial charge in [0.05, 0.1) is 0 Å². The van der Waals surface area contributed by atoms with E-state index in [-0.39, 0.29) is 11.8 Å². The molecule has 0 unspecified atom stereocenters. The molecule has 4 heteroatoms. The number of unbranched alkanes of at least 4 members (excludes halogenated alkanes) is 4. The third kappa shape index (κ3) is 4.87. The fourth-order valence-electron chi connectivity index (χ4n) is 2.52. The molecule has 1 fully saturated rings. The molecule has 1 amide bonds. The molecule has 1 aromatic rings. The van der Waals surface area contributed by atoms with E-state index in [4.69, 9.17) is 0 Å². The lowest BCUT2D eigenvalue weighted by molar-refractivity contribution is -0.119. The van der Waals surface area contributed by atoms with E-state index >= 15 is 0 Å². The van der Waals surface area contributed by atoms with Crippen LogP contribution in [-0.2, 0) is 11.3 Å². The van der Waals surface area contributed by atoms with Gasteiger partial charge in [-0.2, -0.15) is 5.10 Å². The molecule has 0 atom stereocenters. The average molecular weight is 291 g/mol. The number of aryl methyl sites for hydroxylation is 1. The van der Waals surface area contributed by atoms with Crippen molar-refractivity contribution in [3.63, 3.8) is 0 Å². The number of hydrogen-bond acceptors (Lipinski definition) is 2. The van der Waals surface area contributed by atoms with Crippen LogP contribution in [0.2, 0.25) is 0 Å². The Hall–Kier alpha value is -1.32. The monoisotopic (exact) mass is 291 g/mol. The Morgan fingerprint density at radius 3 is 2.67 bits per heavy atom. The Balaban J connectivity index is 1.96. The van der Waals surface area contributed by atoms with E-state index in [2.05, 4.69) is 18.9 Å². The molecule has 0 spiro atoms. The van der Waals surface area contributed by atoms with E-state index in [1.165, 1.54) is 19.3 Å². The highest BCUT2D eigenvalue weighted by atomic mass is 16.2. The van der Waals surface area contributed by atoms with Gasteiger partial charge in [-0.3, -0.25) is 14.4 Å². The maximum absolute atomic E-state index is 12.5. The molecule has 1 saturated carbocycles. The zero-order valence-electron chi connectivity index (χ0n) is 13.6. The van der Waals surface area contributed by atoms with Gasteiger partial charge in [0.25, 0.3) is 0 Å². The summed E-state index contributed by atoms with van der Waals surface area (Å²) < 4.78 is 1.97. The normalized spacial score (nSPS) is 14.4. The molecule has 0 aromatic carbocycles. The largest absolute Gasteiger partial charge is 0.295 e. The fraction of sp³-hybridized carbons (Fsp3) is 0.765. The van der Waals surface area contributed by atoms with Crippen LogP contribution in [0.5, 0.6) is 0 Å². The lowest BCUT2D eigenvalue weighted by Crippen LogP contribution is -2.33. The summed E-state index contributed by atoms with van der Waals surface area (Å²) in [7, 11) is 0. The first-order valence-electron chi connectivity index (χ1n) is 8.61.